The van der Waals surface area contributed by atoms with Gasteiger partial charge < -0.3 is 25.4 Å². The highest BCUT2D eigenvalue weighted by atomic mass is 16.6. The Hall–Kier alpha value is -2.61. The molecule has 1 aromatic carbocycles. The van der Waals surface area contributed by atoms with Gasteiger partial charge in [-0.1, -0.05) is 29.8 Å². The second-order valence-electron chi connectivity index (χ2n) is 8.48. The SMILES string of the molecule is CCN(C(=O)C(CO)NC(=O)OC(C)(C)C)C(C(=O)NC(C)C)c1ccc(C)cc1. The molecule has 0 aliphatic carbocycles. The van der Waals surface area contributed by atoms with E-state index >= 15 is 0 Å². The number of aliphatic hydroxyl groups excluding tert-OH is 1. The summed E-state index contributed by atoms with van der Waals surface area (Å²) < 4.78 is 5.18. The van der Waals surface area contributed by atoms with E-state index in [1.54, 1.807) is 39.8 Å². The molecule has 0 saturated heterocycles. The van der Waals surface area contributed by atoms with Crippen molar-refractivity contribution in [3.63, 3.8) is 0 Å². The third-order valence-electron chi connectivity index (χ3n) is 4.18. The number of hydrogen-bond acceptors (Lipinski definition) is 5. The van der Waals surface area contributed by atoms with E-state index in [1.165, 1.54) is 4.90 Å². The quantitative estimate of drug-likeness (QED) is 0.597. The summed E-state index contributed by atoms with van der Waals surface area (Å²) in [5.74, 6) is -0.909. The number of amides is 3. The van der Waals surface area contributed by atoms with E-state index in [9.17, 15) is 19.5 Å². The molecule has 30 heavy (non-hydrogen) atoms. The van der Waals surface area contributed by atoms with Gasteiger partial charge in [-0.15, -0.1) is 0 Å². The number of likely N-dealkylation sites (N-methyl/N-ethyl adjacent to an activating group) is 1. The highest BCUT2D eigenvalue weighted by Gasteiger charge is 2.35. The van der Waals surface area contributed by atoms with Gasteiger partial charge in [0.15, 0.2) is 0 Å². The Morgan fingerprint density at radius 1 is 1.10 bits per heavy atom. The molecule has 8 heteroatoms. The van der Waals surface area contributed by atoms with Crippen molar-refractivity contribution in [1.82, 2.24) is 15.5 Å². The molecule has 0 spiro atoms. The number of aliphatic hydroxyl groups is 1. The molecule has 0 aliphatic rings. The summed E-state index contributed by atoms with van der Waals surface area (Å²) >= 11 is 0. The van der Waals surface area contributed by atoms with Crippen molar-refractivity contribution in [2.24, 2.45) is 0 Å². The van der Waals surface area contributed by atoms with Crippen molar-refractivity contribution >= 4 is 17.9 Å². The number of hydrogen-bond donors (Lipinski definition) is 3. The molecule has 0 radical (unpaired) electrons. The number of carbonyl (C=O) groups excluding carboxylic acids is 3. The lowest BCUT2D eigenvalue weighted by atomic mass is 10.0. The van der Waals surface area contributed by atoms with Crippen molar-refractivity contribution in [2.45, 2.75) is 72.2 Å². The number of alkyl carbamates (subject to hydrolysis) is 1. The third kappa shape index (κ3) is 7.67. The fourth-order valence-corrected chi connectivity index (χ4v) is 2.89. The summed E-state index contributed by atoms with van der Waals surface area (Å²) in [5, 5.41) is 15.0. The van der Waals surface area contributed by atoms with Gasteiger partial charge in [0.2, 0.25) is 11.8 Å². The Bertz CT molecular complexity index is 725. The molecular weight excluding hydrogens is 386 g/mol. The van der Waals surface area contributed by atoms with E-state index in [1.807, 2.05) is 32.9 Å². The third-order valence-corrected chi connectivity index (χ3v) is 4.18. The lowest BCUT2D eigenvalue weighted by molar-refractivity contribution is -0.143. The second-order valence-corrected chi connectivity index (χ2v) is 8.48. The molecule has 0 bridgehead atoms. The van der Waals surface area contributed by atoms with Crippen molar-refractivity contribution in [2.75, 3.05) is 13.2 Å². The first-order chi connectivity index (χ1) is 13.9. The largest absolute Gasteiger partial charge is 0.444 e. The summed E-state index contributed by atoms with van der Waals surface area (Å²) in [4.78, 5) is 39.6. The number of rotatable bonds is 8. The van der Waals surface area contributed by atoms with E-state index in [0.29, 0.717) is 5.56 Å². The minimum Gasteiger partial charge on any atom is -0.444 e. The molecule has 1 aromatic rings. The Morgan fingerprint density at radius 2 is 1.67 bits per heavy atom. The zero-order valence-corrected chi connectivity index (χ0v) is 19.0. The van der Waals surface area contributed by atoms with Crippen LogP contribution < -0.4 is 10.6 Å². The smallest absolute Gasteiger partial charge is 0.408 e. The number of benzene rings is 1. The molecule has 0 heterocycles. The number of ether oxygens (including phenoxy) is 1. The number of nitrogens with one attached hydrogen (secondary N) is 2. The van der Waals surface area contributed by atoms with E-state index in [0.717, 1.165) is 5.56 Å². The molecule has 1 rings (SSSR count). The first kappa shape index (κ1) is 25.4. The molecule has 168 valence electrons. The molecule has 3 N–H and O–H groups in total. The molecule has 0 saturated carbocycles. The number of nitrogens with zero attached hydrogens (tertiary/aromatic N) is 1. The van der Waals surface area contributed by atoms with Crippen molar-refractivity contribution in [3.8, 4) is 0 Å². The minimum absolute atomic E-state index is 0.118. The Kier molecular flexibility index (Phi) is 9.29. The molecule has 0 aliphatic heterocycles. The fraction of sp³-hybridized carbons (Fsp3) is 0.591. The van der Waals surface area contributed by atoms with Crippen LogP contribution in [0.25, 0.3) is 0 Å². The van der Waals surface area contributed by atoms with Gasteiger partial charge in [-0.05, 0) is 54.0 Å². The molecule has 2 atom stereocenters. The van der Waals surface area contributed by atoms with E-state index in [4.69, 9.17) is 4.74 Å². The zero-order chi connectivity index (χ0) is 23.1. The predicted molar refractivity (Wildman–Crippen MR) is 115 cm³/mol. The van der Waals surface area contributed by atoms with Crippen LogP contribution in [-0.4, -0.2) is 58.8 Å². The highest BCUT2D eigenvalue weighted by Crippen LogP contribution is 2.23. The lowest BCUT2D eigenvalue weighted by Crippen LogP contribution is -2.54. The first-order valence-corrected chi connectivity index (χ1v) is 10.2. The van der Waals surface area contributed by atoms with Gasteiger partial charge in [0.1, 0.15) is 17.7 Å². The molecule has 3 amide bonds. The van der Waals surface area contributed by atoms with E-state index < -0.39 is 36.3 Å². The Labute approximate surface area is 179 Å². The fourth-order valence-electron chi connectivity index (χ4n) is 2.89. The van der Waals surface area contributed by atoms with Gasteiger partial charge in [0, 0.05) is 12.6 Å². The molecular formula is C22H35N3O5. The van der Waals surface area contributed by atoms with Crippen molar-refractivity contribution in [3.05, 3.63) is 35.4 Å². The molecule has 8 nitrogen and oxygen atoms in total. The lowest BCUT2D eigenvalue weighted by Gasteiger charge is -2.33. The van der Waals surface area contributed by atoms with Crippen LogP contribution in [0.2, 0.25) is 0 Å². The predicted octanol–water partition coefficient (Wildman–Crippen LogP) is 2.29. The van der Waals surface area contributed by atoms with Crippen LogP contribution in [0, 0.1) is 6.92 Å². The number of carbonyl (C=O) groups is 3. The van der Waals surface area contributed by atoms with Crippen molar-refractivity contribution < 1.29 is 24.2 Å². The van der Waals surface area contributed by atoms with Crippen LogP contribution in [0.1, 0.15) is 58.7 Å². The summed E-state index contributed by atoms with van der Waals surface area (Å²) in [5.41, 5.74) is 0.915. The average Bonchev–Trinajstić information content (AvgIpc) is 2.62. The molecule has 0 fully saturated rings. The first-order valence-electron chi connectivity index (χ1n) is 10.2. The average molecular weight is 422 g/mol. The van der Waals surface area contributed by atoms with Crippen LogP contribution in [0.3, 0.4) is 0 Å². The van der Waals surface area contributed by atoms with Crippen LogP contribution in [0.5, 0.6) is 0 Å². The second kappa shape index (κ2) is 11.0. The van der Waals surface area contributed by atoms with Gasteiger partial charge >= 0.3 is 6.09 Å². The summed E-state index contributed by atoms with van der Waals surface area (Å²) in [6.07, 6.45) is -0.815. The van der Waals surface area contributed by atoms with Gasteiger partial charge in [-0.2, -0.15) is 0 Å². The summed E-state index contributed by atoms with van der Waals surface area (Å²) in [7, 11) is 0. The Morgan fingerprint density at radius 3 is 2.10 bits per heavy atom. The van der Waals surface area contributed by atoms with Crippen LogP contribution in [0.15, 0.2) is 24.3 Å². The normalized spacial score (nSPS) is 13.4. The van der Waals surface area contributed by atoms with Gasteiger partial charge in [-0.3, -0.25) is 9.59 Å². The monoisotopic (exact) mass is 421 g/mol. The van der Waals surface area contributed by atoms with Crippen LogP contribution in [-0.2, 0) is 14.3 Å². The summed E-state index contributed by atoms with van der Waals surface area (Å²) in [6.45, 7) is 12.0. The van der Waals surface area contributed by atoms with E-state index in [-0.39, 0.29) is 18.5 Å². The number of aryl methyl sites for hydroxylation is 1. The maximum absolute atomic E-state index is 13.2. The Balaban J connectivity index is 3.20. The summed E-state index contributed by atoms with van der Waals surface area (Å²) in [6, 6.07) is 5.07. The zero-order valence-electron chi connectivity index (χ0n) is 19.0. The van der Waals surface area contributed by atoms with Crippen molar-refractivity contribution in [1.29, 1.82) is 0 Å². The standard InChI is InChI=1S/C22H35N3O5/c1-8-25(20(28)17(13-26)24-21(29)30-22(5,6)7)18(19(27)23-14(2)3)16-11-9-15(4)10-12-16/h9-12,14,17-18,26H,8,13H2,1-7H3,(H,23,27)(H,24,29). The minimum atomic E-state index is -1.24. The maximum atomic E-state index is 13.2. The van der Waals surface area contributed by atoms with Gasteiger partial charge in [0.05, 0.1) is 6.61 Å². The molecule has 0 aromatic heterocycles. The van der Waals surface area contributed by atoms with Crippen LogP contribution in [0.4, 0.5) is 4.79 Å². The van der Waals surface area contributed by atoms with E-state index in [2.05, 4.69) is 10.6 Å². The van der Waals surface area contributed by atoms with Gasteiger partial charge in [0.25, 0.3) is 0 Å². The van der Waals surface area contributed by atoms with Gasteiger partial charge in [-0.25, -0.2) is 4.79 Å². The van der Waals surface area contributed by atoms with Crippen LogP contribution >= 0.6 is 0 Å². The topological polar surface area (TPSA) is 108 Å². The highest BCUT2D eigenvalue weighted by molar-refractivity contribution is 5.92. The molecule has 2 unspecified atom stereocenters. The maximum Gasteiger partial charge on any atom is 0.408 e.